The van der Waals surface area contributed by atoms with Gasteiger partial charge >= 0.3 is 0 Å². The number of benzene rings is 1. The molecule has 0 aliphatic carbocycles. The van der Waals surface area contributed by atoms with Crippen molar-refractivity contribution in [2.75, 3.05) is 6.54 Å². The van der Waals surface area contributed by atoms with Gasteiger partial charge in [0.25, 0.3) is 0 Å². The van der Waals surface area contributed by atoms with Crippen LogP contribution in [0.1, 0.15) is 44.6 Å². The van der Waals surface area contributed by atoms with Crippen molar-refractivity contribution in [2.45, 2.75) is 45.4 Å². The maximum absolute atomic E-state index is 11.7. The van der Waals surface area contributed by atoms with Crippen LogP contribution in [0.25, 0.3) is 10.9 Å². The van der Waals surface area contributed by atoms with Gasteiger partial charge in [0.2, 0.25) is 5.91 Å². The van der Waals surface area contributed by atoms with Crippen LogP contribution in [0.5, 0.6) is 0 Å². The zero-order chi connectivity index (χ0) is 14.2. The molecule has 0 saturated carbocycles. The second-order valence-electron chi connectivity index (χ2n) is 5.27. The Hall–Kier alpha value is -1.77. The standard InChI is InChI=1S/C17H24N2O/c1-2-3-6-12-18-17(20)11-7-8-14-13-19-16-10-5-4-9-15(14)16/h4-5,9-10,13,19H,2-3,6-8,11-12H2,1H3,(H,18,20). The van der Waals surface area contributed by atoms with E-state index in [1.807, 2.05) is 6.07 Å². The van der Waals surface area contributed by atoms with E-state index in [0.29, 0.717) is 6.42 Å². The number of aromatic amines is 1. The van der Waals surface area contributed by atoms with Crippen LogP contribution in [-0.2, 0) is 11.2 Å². The van der Waals surface area contributed by atoms with Gasteiger partial charge in [-0.3, -0.25) is 4.79 Å². The first-order valence-corrected chi connectivity index (χ1v) is 7.63. The summed E-state index contributed by atoms with van der Waals surface area (Å²) < 4.78 is 0. The van der Waals surface area contributed by atoms with E-state index in [2.05, 4.69) is 41.6 Å². The van der Waals surface area contributed by atoms with E-state index >= 15 is 0 Å². The fourth-order valence-corrected chi connectivity index (χ4v) is 2.47. The molecule has 1 amide bonds. The van der Waals surface area contributed by atoms with Gasteiger partial charge in [-0.1, -0.05) is 38.0 Å². The van der Waals surface area contributed by atoms with Crippen LogP contribution in [0.4, 0.5) is 0 Å². The fraction of sp³-hybridized carbons (Fsp3) is 0.471. The molecular formula is C17H24N2O. The summed E-state index contributed by atoms with van der Waals surface area (Å²) in [6.45, 7) is 2.99. The maximum atomic E-state index is 11.7. The lowest BCUT2D eigenvalue weighted by Crippen LogP contribution is -2.24. The molecule has 0 atom stereocenters. The third-order valence-corrected chi connectivity index (χ3v) is 3.63. The van der Waals surface area contributed by atoms with E-state index in [1.165, 1.54) is 29.3 Å². The number of hydrogen-bond acceptors (Lipinski definition) is 1. The van der Waals surface area contributed by atoms with Gasteiger partial charge in [0.05, 0.1) is 0 Å². The second-order valence-corrected chi connectivity index (χ2v) is 5.27. The number of amides is 1. The number of rotatable bonds is 8. The summed E-state index contributed by atoms with van der Waals surface area (Å²) >= 11 is 0. The van der Waals surface area contributed by atoms with Gasteiger partial charge in [-0.15, -0.1) is 0 Å². The highest BCUT2D eigenvalue weighted by atomic mass is 16.1. The molecule has 0 aliphatic heterocycles. The number of nitrogens with one attached hydrogen (secondary N) is 2. The van der Waals surface area contributed by atoms with Crippen LogP contribution in [-0.4, -0.2) is 17.4 Å². The Kier molecular flexibility index (Phi) is 5.66. The normalized spacial score (nSPS) is 10.8. The monoisotopic (exact) mass is 272 g/mol. The quantitative estimate of drug-likeness (QED) is 0.705. The molecule has 2 aromatic rings. The Morgan fingerprint density at radius 1 is 1.20 bits per heavy atom. The SMILES string of the molecule is CCCCCNC(=O)CCCc1c[nH]c2ccccc12. The third-order valence-electron chi connectivity index (χ3n) is 3.63. The molecule has 0 radical (unpaired) electrons. The number of hydrogen-bond donors (Lipinski definition) is 2. The van der Waals surface area contributed by atoms with Gasteiger partial charge in [-0.25, -0.2) is 0 Å². The van der Waals surface area contributed by atoms with Gasteiger partial charge in [-0.2, -0.15) is 0 Å². The van der Waals surface area contributed by atoms with E-state index in [0.717, 1.165) is 25.8 Å². The highest BCUT2D eigenvalue weighted by Gasteiger charge is 2.05. The van der Waals surface area contributed by atoms with E-state index < -0.39 is 0 Å². The Labute approximate surface area is 120 Å². The molecule has 0 fully saturated rings. The van der Waals surface area contributed by atoms with Crippen molar-refractivity contribution in [1.82, 2.24) is 10.3 Å². The lowest BCUT2D eigenvalue weighted by Gasteiger charge is -2.04. The minimum Gasteiger partial charge on any atom is -0.361 e. The van der Waals surface area contributed by atoms with Crippen LogP contribution in [0.3, 0.4) is 0 Å². The molecule has 0 spiro atoms. The average Bonchev–Trinajstić information content (AvgIpc) is 2.87. The molecule has 3 nitrogen and oxygen atoms in total. The summed E-state index contributed by atoms with van der Waals surface area (Å²) in [5.74, 6) is 0.181. The van der Waals surface area contributed by atoms with Gasteiger partial charge in [-0.05, 0) is 30.9 Å². The largest absolute Gasteiger partial charge is 0.361 e. The zero-order valence-corrected chi connectivity index (χ0v) is 12.2. The van der Waals surface area contributed by atoms with Gasteiger partial charge in [0.15, 0.2) is 0 Å². The van der Waals surface area contributed by atoms with E-state index in [9.17, 15) is 4.79 Å². The molecule has 1 heterocycles. The zero-order valence-electron chi connectivity index (χ0n) is 12.2. The highest BCUT2D eigenvalue weighted by molar-refractivity contribution is 5.83. The number of aromatic nitrogens is 1. The predicted molar refractivity (Wildman–Crippen MR) is 83.8 cm³/mol. The molecule has 108 valence electrons. The molecule has 2 rings (SSSR count). The summed E-state index contributed by atoms with van der Waals surface area (Å²) in [4.78, 5) is 15.0. The van der Waals surface area contributed by atoms with Crippen molar-refractivity contribution in [3.63, 3.8) is 0 Å². The van der Waals surface area contributed by atoms with Gasteiger partial charge < -0.3 is 10.3 Å². The number of carbonyl (C=O) groups is 1. The van der Waals surface area contributed by atoms with E-state index in [1.54, 1.807) is 0 Å². The summed E-state index contributed by atoms with van der Waals surface area (Å²) in [5, 5.41) is 4.26. The lowest BCUT2D eigenvalue weighted by atomic mass is 10.1. The number of para-hydroxylation sites is 1. The van der Waals surface area contributed by atoms with Crippen LogP contribution in [0, 0.1) is 0 Å². The van der Waals surface area contributed by atoms with Crippen molar-refractivity contribution in [1.29, 1.82) is 0 Å². The summed E-state index contributed by atoms with van der Waals surface area (Å²) in [6.07, 6.45) is 8.00. The molecule has 1 aromatic carbocycles. The third kappa shape index (κ3) is 4.12. The topological polar surface area (TPSA) is 44.9 Å². The van der Waals surface area contributed by atoms with Gasteiger partial charge in [0, 0.05) is 30.1 Å². The first-order chi connectivity index (χ1) is 9.81. The fourth-order valence-electron chi connectivity index (χ4n) is 2.47. The Morgan fingerprint density at radius 2 is 2.05 bits per heavy atom. The molecule has 1 aromatic heterocycles. The molecular weight excluding hydrogens is 248 g/mol. The van der Waals surface area contributed by atoms with Crippen molar-refractivity contribution in [2.24, 2.45) is 0 Å². The second kappa shape index (κ2) is 7.73. The number of aryl methyl sites for hydroxylation is 1. The van der Waals surface area contributed by atoms with Crippen LogP contribution in [0.15, 0.2) is 30.5 Å². The average molecular weight is 272 g/mol. The van der Waals surface area contributed by atoms with Crippen molar-refractivity contribution >= 4 is 16.8 Å². The Bertz CT molecular complexity index is 545. The van der Waals surface area contributed by atoms with Crippen LogP contribution >= 0.6 is 0 Å². The number of carbonyl (C=O) groups excluding carboxylic acids is 1. The number of unbranched alkanes of at least 4 members (excludes halogenated alkanes) is 2. The maximum Gasteiger partial charge on any atom is 0.220 e. The van der Waals surface area contributed by atoms with Crippen molar-refractivity contribution in [3.8, 4) is 0 Å². The summed E-state index contributed by atoms with van der Waals surface area (Å²) in [6, 6.07) is 8.30. The van der Waals surface area contributed by atoms with Crippen LogP contribution < -0.4 is 5.32 Å². The van der Waals surface area contributed by atoms with E-state index in [4.69, 9.17) is 0 Å². The summed E-state index contributed by atoms with van der Waals surface area (Å²) in [7, 11) is 0. The van der Waals surface area contributed by atoms with Gasteiger partial charge in [0.1, 0.15) is 0 Å². The molecule has 0 bridgehead atoms. The first kappa shape index (κ1) is 14.6. The number of H-pyrrole nitrogens is 1. The predicted octanol–water partition coefficient (Wildman–Crippen LogP) is 3.80. The minimum absolute atomic E-state index is 0.181. The molecule has 3 heteroatoms. The smallest absolute Gasteiger partial charge is 0.220 e. The lowest BCUT2D eigenvalue weighted by molar-refractivity contribution is -0.121. The first-order valence-electron chi connectivity index (χ1n) is 7.63. The Balaban J connectivity index is 1.71. The molecule has 20 heavy (non-hydrogen) atoms. The molecule has 0 aliphatic rings. The molecule has 0 saturated heterocycles. The molecule has 0 unspecified atom stereocenters. The highest BCUT2D eigenvalue weighted by Crippen LogP contribution is 2.19. The van der Waals surface area contributed by atoms with E-state index in [-0.39, 0.29) is 5.91 Å². The number of fused-ring (bicyclic) bond motifs is 1. The summed E-state index contributed by atoms with van der Waals surface area (Å²) in [5.41, 5.74) is 2.48. The molecule has 2 N–H and O–H groups in total. The minimum atomic E-state index is 0.181. The van der Waals surface area contributed by atoms with Crippen LogP contribution in [0.2, 0.25) is 0 Å². The van der Waals surface area contributed by atoms with Crippen molar-refractivity contribution < 1.29 is 4.79 Å². The van der Waals surface area contributed by atoms with Crippen molar-refractivity contribution in [3.05, 3.63) is 36.0 Å². The Morgan fingerprint density at radius 3 is 2.90 bits per heavy atom.